The lowest BCUT2D eigenvalue weighted by Gasteiger charge is -2.20. The van der Waals surface area contributed by atoms with Gasteiger partial charge in [0.05, 0.1) is 0 Å². The van der Waals surface area contributed by atoms with Gasteiger partial charge in [-0.15, -0.1) is 0 Å². The Kier molecular flexibility index (Phi) is 5.49. The van der Waals surface area contributed by atoms with Crippen molar-refractivity contribution in [2.24, 2.45) is 0 Å². The Hall–Kier alpha value is -4.27. The second kappa shape index (κ2) is 8.17. The predicted molar refractivity (Wildman–Crippen MR) is 111 cm³/mol. The molecule has 140 valence electrons. The maximum atomic E-state index is 9.60. The van der Waals surface area contributed by atoms with Gasteiger partial charge in [0, 0.05) is 16.9 Å². The van der Waals surface area contributed by atoms with Crippen LogP contribution in [0.1, 0.15) is 19.4 Å². The molecule has 0 amide bonds. The fourth-order valence-corrected chi connectivity index (χ4v) is 3.07. The van der Waals surface area contributed by atoms with Gasteiger partial charge in [-0.05, 0) is 43.7 Å². The fourth-order valence-electron chi connectivity index (χ4n) is 3.07. The summed E-state index contributed by atoms with van der Waals surface area (Å²) in [6.45, 7) is 3.60. The van der Waals surface area contributed by atoms with Gasteiger partial charge in [0.15, 0.2) is 11.3 Å². The fraction of sp³-hybridized carbons (Fsp3) is 0.125. The third kappa shape index (κ3) is 4.19. The van der Waals surface area contributed by atoms with Gasteiger partial charge in [0.25, 0.3) is 0 Å². The molecule has 2 aromatic rings. The Balaban J connectivity index is 1.94. The summed E-state index contributed by atoms with van der Waals surface area (Å²) in [5.41, 5.74) is 2.67. The molecule has 0 aromatic heterocycles. The molecule has 0 atom stereocenters. The molecule has 1 heterocycles. The van der Waals surface area contributed by atoms with Crippen LogP contribution in [-0.4, -0.2) is 5.60 Å². The van der Waals surface area contributed by atoms with Crippen molar-refractivity contribution < 1.29 is 4.74 Å². The molecule has 0 spiro atoms. The minimum atomic E-state index is -0.824. The molecule has 1 aliphatic heterocycles. The number of hydrogen-bond donors (Lipinski definition) is 1. The standard InChI is InChI=1S/C24H18N4O/c1-24(2)22(21(16-27)23(29-24)18(14-25)15-26)12-11-17-7-6-10-20(13-17)28-19-8-4-3-5-9-19/h3-13,28H,1-2H3. The van der Waals surface area contributed by atoms with Gasteiger partial charge in [0.2, 0.25) is 0 Å². The van der Waals surface area contributed by atoms with E-state index in [4.69, 9.17) is 15.3 Å². The summed E-state index contributed by atoms with van der Waals surface area (Å²) in [5.74, 6) is 0.0432. The van der Waals surface area contributed by atoms with Crippen LogP contribution in [0.4, 0.5) is 11.4 Å². The van der Waals surface area contributed by atoms with Crippen LogP contribution in [0.2, 0.25) is 0 Å². The van der Waals surface area contributed by atoms with Crippen molar-refractivity contribution in [3.05, 3.63) is 88.7 Å². The Bertz CT molecular complexity index is 1130. The van der Waals surface area contributed by atoms with Crippen LogP contribution in [0.15, 0.2) is 83.2 Å². The van der Waals surface area contributed by atoms with Gasteiger partial charge in [-0.3, -0.25) is 0 Å². The lowest BCUT2D eigenvalue weighted by atomic mass is 9.94. The lowest BCUT2D eigenvalue weighted by molar-refractivity contribution is 0.0954. The summed E-state index contributed by atoms with van der Waals surface area (Å²) in [6.07, 6.45) is 3.69. The van der Waals surface area contributed by atoms with Crippen LogP contribution >= 0.6 is 0 Å². The number of allylic oxidation sites excluding steroid dienone is 2. The lowest BCUT2D eigenvalue weighted by Crippen LogP contribution is -2.20. The third-order valence-electron chi connectivity index (χ3n) is 4.46. The highest BCUT2D eigenvalue weighted by Gasteiger charge is 2.38. The molecule has 0 saturated carbocycles. The number of nitriles is 3. The first-order valence-corrected chi connectivity index (χ1v) is 8.97. The molecule has 29 heavy (non-hydrogen) atoms. The minimum absolute atomic E-state index is 0.0432. The topological polar surface area (TPSA) is 92.6 Å². The zero-order valence-corrected chi connectivity index (χ0v) is 16.1. The molecule has 0 aliphatic carbocycles. The summed E-state index contributed by atoms with van der Waals surface area (Å²) in [4.78, 5) is 0. The molecular weight excluding hydrogens is 360 g/mol. The summed E-state index contributed by atoms with van der Waals surface area (Å²) < 4.78 is 5.77. The first-order chi connectivity index (χ1) is 14.0. The second-order valence-corrected chi connectivity index (χ2v) is 6.89. The van der Waals surface area contributed by atoms with Crippen molar-refractivity contribution in [2.45, 2.75) is 19.4 Å². The summed E-state index contributed by atoms with van der Waals surface area (Å²) in [7, 11) is 0. The quantitative estimate of drug-likeness (QED) is 0.722. The Morgan fingerprint density at radius 1 is 0.931 bits per heavy atom. The van der Waals surface area contributed by atoms with Crippen LogP contribution < -0.4 is 5.32 Å². The Morgan fingerprint density at radius 3 is 2.28 bits per heavy atom. The normalized spacial score (nSPS) is 14.7. The first kappa shape index (κ1) is 19.5. The maximum Gasteiger partial charge on any atom is 0.172 e. The average molecular weight is 378 g/mol. The van der Waals surface area contributed by atoms with Gasteiger partial charge in [0.1, 0.15) is 29.4 Å². The van der Waals surface area contributed by atoms with Gasteiger partial charge in [-0.25, -0.2) is 0 Å². The Morgan fingerprint density at radius 2 is 1.62 bits per heavy atom. The number of anilines is 2. The number of rotatable bonds is 4. The van der Waals surface area contributed by atoms with Crippen LogP contribution in [0, 0.1) is 34.0 Å². The van der Waals surface area contributed by atoms with Gasteiger partial charge in [-0.2, -0.15) is 15.8 Å². The van der Waals surface area contributed by atoms with Crippen molar-refractivity contribution in [1.29, 1.82) is 15.8 Å². The smallest absolute Gasteiger partial charge is 0.172 e. The highest BCUT2D eigenvalue weighted by atomic mass is 16.5. The summed E-state index contributed by atoms with van der Waals surface area (Å²) in [5, 5.41) is 31.2. The highest BCUT2D eigenvalue weighted by Crippen LogP contribution is 2.40. The zero-order chi connectivity index (χ0) is 20.9. The molecular formula is C24H18N4O. The van der Waals surface area contributed by atoms with E-state index in [1.54, 1.807) is 32.1 Å². The minimum Gasteiger partial charge on any atom is -0.480 e. The van der Waals surface area contributed by atoms with E-state index in [1.165, 1.54) is 0 Å². The molecule has 0 unspecified atom stereocenters. The predicted octanol–water partition coefficient (Wildman–Crippen LogP) is 5.37. The molecule has 0 radical (unpaired) electrons. The van der Waals surface area contributed by atoms with Gasteiger partial charge < -0.3 is 10.1 Å². The van der Waals surface area contributed by atoms with Gasteiger partial charge >= 0.3 is 0 Å². The van der Waals surface area contributed by atoms with E-state index in [2.05, 4.69) is 11.4 Å². The largest absolute Gasteiger partial charge is 0.480 e. The number of hydrogen-bond acceptors (Lipinski definition) is 5. The van der Waals surface area contributed by atoms with E-state index in [-0.39, 0.29) is 16.9 Å². The average Bonchev–Trinajstić information content (AvgIpc) is 2.98. The van der Waals surface area contributed by atoms with E-state index in [0.29, 0.717) is 5.57 Å². The van der Waals surface area contributed by atoms with Crippen LogP contribution in [0.3, 0.4) is 0 Å². The van der Waals surface area contributed by atoms with Crippen LogP contribution in [-0.2, 0) is 4.74 Å². The SMILES string of the molecule is CC1(C)OC(=C(C#N)C#N)C(C#N)=C1C=Cc1cccc(Nc2ccccc2)c1. The molecule has 1 N–H and O–H groups in total. The highest BCUT2D eigenvalue weighted by molar-refractivity contribution is 5.67. The summed E-state index contributed by atoms with van der Waals surface area (Å²) >= 11 is 0. The van der Waals surface area contributed by atoms with Crippen molar-refractivity contribution >= 4 is 17.5 Å². The first-order valence-electron chi connectivity index (χ1n) is 8.97. The van der Waals surface area contributed by atoms with Gasteiger partial charge in [-0.1, -0.05) is 42.5 Å². The molecule has 3 rings (SSSR count). The van der Waals surface area contributed by atoms with E-state index in [9.17, 15) is 5.26 Å². The number of benzene rings is 2. The number of ether oxygens (including phenoxy) is 1. The number of nitrogens with zero attached hydrogens (tertiary/aromatic N) is 3. The molecule has 0 bridgehead atoms. The molecule has 0 fully saturated rings. The monoisotopic (exact) mass is 378 g/mol. The van der Waals surface area contributed by atoms with E-state index < -0.39 is 5.60 Å². The molecule has 2 aromatic carbocycles. The van der Waals surface area contributed by atoms with E-state index in [0.717, 1.165) is 16.9 Å². The van der Waals surface area contributed by atoms with E-state index in [1.807, 2.05) is 60.7 Å². The number of nitrogens with one attached hydrogen (secondary N) is 1. The third-order valence-corrected chi connectivity index (χ3v) is 4.46. The summed E-state index contributed by atoms with van der Waals surface area (Å²) in [6, 6.07) is 23.4. The molecule has 5 heteroatoms. The molecule has 5 nitrogen and oxygen atoms in total. The van der Waals surface area contributed by atoms with Crippen molar-refractivity contribution in [3.63, 3.8) is 0 Å². The van der Waals surface area contributed by atoms with Crippen molar-refractivity contribution in [2.75, 3.05) is 5.32 Å². The van der Waals surface area contributed by atoms with Crippen molar-refractivity contribution in [3.8, 4) is 18.2 Å². The zero-order valence-electron chi connectivity index (χ0n) is 16.1. The molecule has 0 saturated heterocycles. The van der Waals surface area contributed by atoms with Crippen LogP contribution in [0.5, 0.6) is 0 Å². The molecule has 1 aliphatic rings. The number of para-hydroxylation sites is 1. The van der Waals surface area contributed by atoms with Crippen LogP contribution in [0.25, 0.3) is 6.08 Å². The van der Waals surface area contributed by atoms with E-state index >= 15 is 0 Å². The second-order valence-electron chi connectivity index (χ2n) is 6.89. The maximum absolute atomic E-state index is 9.60. The van der Waals surface area contributed by atoms with Crippen molar-refractivity contribution in [1.82, 2.24) is 0 Å². The Labute approximate surface area is 170 Å².